The highest BCUT2D eigenvalue weighted by Crippen LogP contribution is 2.41. The van der Waals surface area contributed by atoms with Gasteiger partial charge in [-0.25, -0.2) is 0 Å². The van der Waals surface area contributed by atoms with Gasteiger partial charge in [-0.3, -0.25) is 0 Å². The molecule has 1 aromatic heterocycles. The summed E-state index contributed by atoms with van der Waals surface area (Å²) in [6.07, 6.45) is 9.78. The van der Waals surface area contributed by atoms with Gasteiger partial charge in [-0.1, -0.05) is 32.6 Å². The SMILES string of the molecule is CC(c1cc2c(s1)CCOC2CN)C1CCCCCC1. The van der Waals surface area contributed by atoms with Crippen molar-refractivity contribution in [2.45, 2.75) is 63.9 Å². The second-order valence-electron chi connectivity index (χ2n) is 6.41. The lowest BCUT2D eigenvalue weighted by atomic mass is 9.86. The molecular formula is C17H27NOS. The van der Waals surface area contributed by atoms with Crippen molar-refractivity contribution in [1.29, 1.82) is 0 Å². The Labute approximate surface area is 126 Å². The van der Waals surface area contributed by atoms with E-state index in [2.05, 4.69) is 13.0 Å². The Morgan fingerprint density at radius 3 is 2.75 bits per heavy atom. The van der Waals surface area contributed by atoms with Gasteiger partial charge in [-0.15, -0.1) is 11.3 Å². The Morgan fingerprint density at radius 1 is 1.30 bits per heavy atom. The molecule has 3 heteroatoms. The number of nitrogens with two attached hydrogens (primary N) is 1. The van der Waals surface area contributed by atoms with Crippen LogP contribution >= 0.6 is 11.3 Å². The van der Waals surface area contributed by atoms with Crippen molar-refractivity contribution >= 4 is 11.3 Å². The maximum atomic E-state index is 5.85. The first-order valence-electron chi connectivity index (χ1n) is 8.23. The normalized spacial score (nSPS) is 26.0. The highest BCUT2D eigenvalue weighted by Gasteiger charge is 2.27. The molecular weight excluding hydrogens is 266 g/mol. The van der Waals surface area contributed by atoms with Crippen LogP contribution in [-0.2, 0) is 11.2 Å². The second kappa shape index (κ2) is 6.59. The number of thiophene rings is 1. The van der Waals surface area contributed by atoms with E-state index in [4.69, 9.17) is 10.5 Å². The van der Waals surface area contributed by atoms with Gasteiger partial charge in [0.25, 0.3) is 0 Å². The van der Waals surface area contributed by atoms with Gasteiger partial charge in [0, 0.05) is 22.7 Å². The summed E-state index contributed by atoms with van der Waals surface area (Å²) >= 11 is 2.03. The minimum absolute atomic E-state index is 0.144. The smallest absolute Gasteiger partial charge is 0.0958 e. The fourth-order valence-electron chi connectivity index (χ4n) is 3.78. The van der Waals surface area contributed by atoms with Gasteiger partial charge in [0.05, 0.1) is 12.7 Å². The Hall–Kier alpha value is -0.380. The fourth-order valence-corrected chi connectivity index (χ4v) is 5.12. The summed E-state index contributed by atoms with van der Waals surface area (Å²) in [5.74, 6) is 1.59. The van der Waals surface area contributed by atoms with E-state index in [9.17, 15) is 0 Å². The quantitative estimate of drug-likeness (QED) is 0.839. The predicted molar refractivity (Wildman–Crippen MR) is 85.4 cm³/mol. The lowest BCUT2D eigenvalue weighted by Gasteiger charge is -2.21. The molecule has 3 rings (SSSR count). The number of fused-ring (bicyclic) bond motifs is 1. The Morgan fingerprint density at radius 2 is 2.05 bits per heavy atom. The molecule has 20 heavy (non-hydrogen) atoms. The van der Waals surface area contributed by atoms with Crippen LogP contribution < -0.4 is 5.73 Å². The largest absolute Gasteiger partial charge is 0.372 e. The molecule has 0 aromatic carbocycles. The van der Waals surface area contributed by atoms with E-state index in [0.29, 0.717) is 12.5 Å². The van der Waals surface area contributed by atoms with E-state index in [1.807, 2.05) is 11.3 Å². The van der Waals surface area contributed by atoms with Crippen molar-refractivity contribution in [2.24, 2.45) is 11.7 Å². The van der Waals surface area contributed by atoms with Crippen LogP contribution in [-0.4, -0.2) is 13.2 Å². The van der Waals surface area contributed by atoms with Crippen LogP contribution in [0.3, 0.4) is 0 Å². The standard InChI is InChI=1S/C17H27NOS/c1-12(13-6-4-2-3-5-7-13)17-10-14-15(11-18)19-9-8-16(14)20-17/h10,12-13,15H,2-9,11,18H2,1H3. The summed E-state index contributed by atoms with van der Waals surface area (Å²) in [7, 11) is 0. The number of hydrogen-bond donors (Lipinski definition) is 1. The Kier molecular flexibility index (Phi) is 4.79. The average molecular weight is 293 g/mol. The van der Waals surface area contributed by atoms with E-state index in [1.165, 1.54) is 49.0 Å². The summed E-state index contributed by atoms with van der Waals surface area (Å²) in [6.45, 7) is 3.89. The third-order valence-electron chi connectivity index (χ3n) is 5.13. The maximum Gasteiger partial charge on any atom is 0.0958 e. The predicted octanol–water partition coefficient (Wildman–Crippen LogP) is 4.39. The molecule has 0 saturated heterocycles. The molecule has 1 fully saturated rings. The van der Waals surface area contributed by atoms with Crippen LogP contribution in [0.4, 0.5) is 0 Å². The zero-order chi connectivity index (χ0) is 13.9. The lowest BCUT2D eigenvalue weighted by molar-refractivity contribution is 0.0498. The molecule has 2 atom stereocenters. The van der Waals surface area contributed by atoms with E-state index in [1.54, 1.807) is 4.88 Å². The van der Waals surface area contributed by atoms with Gasteiger partial charge in [0.15, 0.2) is 0 Å². The summed E-state index contributed by atoms with van der Waals surface area (Å²) in [5, 5.41) is 0. The van der Waals surface area contributed by atoms with Crippen molar-refractivity contribution in [1.82, 2.24) is 0 Å². The minimum atomic E-state index is 0.144. The van der Waals surface area contributed by atoms with Gasteiger partial charge < -0.3 is 10.5 Å². The average Bonchev–Trinajstić information content (AvgIpc) is 2.73. The van der Waals surface area contributed by atoms with Crippen molar-refractivity contribution in [2.75, 3.05) is 13.2 Å². The summed E-state index contributed by atoms with van der Waals surface area (Å²) < 4.78 is 5.79. The zero-order valence-corrected chi connectivity index (χ0v) is 13.4. The third kappa shape index (κ3) is 2.95. The van der Waals surface area contributed by atoms with Gasteiger partial charge >= 0.3 is 0 Å². The first kappa shape index (κ1) is 14.6. The van der Waals surface area contributed by atoms with E-state index in [-0.39, 0.29) is 6.10 Å². The minimum Gasteiger partial charge on any atom is -0.372 e. The molecule has 0 amide bonds. The molecule has 1 saturated carbocycles. The number of rotatable bonds is 3. The molecule has 1 aliphatic heterocycles. The molecule has 2 heterocycles. The van der Waals surface area contributed by atoms with Crippen LogP contribution in [0, 0.1) is 5.92 Å². The van der Waals surface area contributed by atoms with E-state index in [0.717, 1.165) is 18.9 Å². The number of ether oxygens (including phenoxy) is 1. The fraction of sp³-hybridized carbons (Fsp3) is 0.765. The van der Waals surface area contributed by atoms with Gasteiger partial charge in [-0.2, -0.15) is 0 Å². The monoisotopic (exact) mass is 293 g/mol. The molecule has 1 aliphatic carbocycles. The highest BCUT2D eigenvalue weighted by molar-refractivity contribution is 7.12. The maximum absolute atomic E-state index is 5.85. The van der Waals surface area contributed by atoms with Gasteiger partial charge in [-0.05, 0) is 36.3 Å². The van der Waals surface area contributed by atoms with Crippen molar-refractivity contribution in [3.63, 3.8) is 0 Å². The van der Waals surface area contributed by atoms with Crippen LogP contribution in [0.2, 0.25) is 0 Å². The molecule has 0 radical (unpaired) electrons. The van der Waals surface area contributed by atoms with Gasteiger partial charge in [0.1, 0.15) is 0 Å². The van der Waals surface area contributed by atoms with Crippen LogP contribution in [0.15, 0.2) is 6.07 Å². The van der Waals surface area contributed by atoms with Crippen molar-refractivity contribution in [3.05, 3.63) is 21.4 Å². The molecule has 112 valence electrons. The number of hydrogen-bond acceptors (Lipinski definition) is 3. The van der Waals surface area contributed by atoms with E-state index >= 15 is 0 Å². The molecule has 2 nitrogen and oxygen atoms in total. The second-order valence-corrected chi connectivity index (χ2v) is 7.58. The van der Waals surface area contributed by atoms with Crippen molar-refractivity contribution < 1.29 is 4.74 Å². The van der Waals surface area contributed by atoms with E-state index < -0.39 is 0 Å². The van der Waals surface area contributed by atoms with Crippen LogP contribution in [0.1, 0.15) is 72.8 Å². The topological polar surface area (TPSA) is 35.2 Å². The molecule has 2 unspecified atom stereocenters. The Bertz CT molecular complexity index is 434. The molecule has 0 bridgehead atoms. The summed E-state index contributed by atoms with van der Waals surface area (Å²) in [5.41, 5.74) is 7.23. The lowest BCUT2D eigenvalue weighted by Crippen LogP contribution is -2.21. The third-order valence-corrected chi connectivity index (χ3v) is 6.54. The Balaban J connectivity index is 1.78. The van der Waals surface area contributed by atoms with Crippen molar-refractivity contribution in [3.8, 4) is 0 Å². The first-order valence-corrected chi connectivity index (χ1v) is 9.05. The zero-order valence-electron chi connectivity index (χ0n) is 12.6. The highest BCUT2D eigenvalue weighted by atomic mass is 32.1. The molecule has 0 spiro atoms. The summed E-state index contributed by atoms with van der Waals surface area (Å²) in [6, 6.07) is 2.41. The summed E-state index contributed by atoms with van der Waals surface area (Å²) in [4.78, 5) is 3.10. The first-order chi connectivity index (χ1) is 9.79. The molecule has 2 N–H and O–H groups in total. The van der Waals surface area contributed by atoms with Gasteiger partial charge in [0.2, 0.25) is 0 Å². The molecule has 2 aliphatic rings. The molecule has 1 aromatic rings. The van der Waals surface area contributed by atoms with Crippen LogP contribution in [0.25, 0.3) is 0 Å². The van der Waals surface area contributed by atoms with Crippen LogP contribution in [0.5, 0.6) is 0 Å².